The molecular weight excluding hydrogens is 478 g/mol. The van der Waals surface area contributed by atoms with Gasteiger partial charge in [-0.2, -0.15) is 10.3 Å². The average molecular weight is 506 g/mol. The van der Waals surface area contributed by atoms with Gasteiger partial charge in [0.1, 0.15) is 5.02 Å². The minimum absolute atomic E-state index is 0.146. The second-order valence-corrected chi connectivity index (χ2v) is 9.19. The van der Waals surface area contributed by atoms with Crippen molar-refractivity contribution >= 4 is 11.6 Å². The maximum absolute atomic E-state index is 13.9. The molecule has 0 radical (unpaired) electrons. The predicted molar refractivity (Wildman–Crippen MR) is 138 cm³/mol. The van der Waals surface area contributed by atoms with Gasteiger partial charge in [0.05, 0.1) is 11.6 Å². The maximum Gasteiger partial charge on any atom is 0.334 e. The van der Waals surface area contributed by atoms with Crippen molar-refractivity contribution in [2.45, 2.75) is 51.6 Å². The van der Waals surface area contributed by atoms with Gasteiger partial charge in [-0.25, -0.2) is 9.48 Å². The molecule has 2 N–H and O–H groups in total. The van der Waals surface area contributed by atoms with Crippen LogP contribution in [0.1, 0.15) is 37.9 Å². The number of hydrogen-bond acceptors (Lipinski definition) is 6. The highest BCUT2D eigenvalue weighted by atomic mass is 35.5. The molecule has 10 nitrogen and oxygen atoms in total. The lowest BCUT2D eigenvalue weighted by Gasteiger charge is -2.31. The molecule has 0 atom stereocenters. The van der Waals surface area contributed by atoms with Crippen LogP contribution in [0.15, 0.2) is 66.0 Å². The molecule has 3 aromatic heterocycles. The van der Waals surface area contributed by atoms with E-state index >= 15 is 0 Å². The summed E-state index contributed by atoms with van der Waals surface area (Å²) in [6.45, 7) is 5.14. The number of aromatic nitrogens is 8. The van der Waals surface area contributed by atoms with Gasteiger partial charge in [-0.1, -0.05) is 55.3 Å². The van der Waals surface area contributed by atoms with E-state index in [1.807, 2.05) is 48.3 Å². The molecule has 36 heavy (non-hydrogen) atoms. The maximum atomic E-state index is 13.9. The predicted octanol–water partition coefficient (Wildman–Crippen LogP) is 3.60. The van der Waals surface area contributed by atoms with E-state index in [4.69, 9.17) is 11.6 Å². The number of aromatic amines is 1. The SMILES string of the molecule is CCCCc1cn(-c2c(Cl)cnn2CC)c(=O)n1CC1(c2cccc(-c3nn[nH]n3)c2)C=CNC=C1. The van der Waals surface area contributed by atoms with E-state index in [0.717, 1.165) is 36.1 Å². The quantitative estimate of drug-likeness (QED) is 0.359. The number of halogens is 1. The molecule has 0 fully saturated rings. The summed E-state index contributed by atoms with van der Waals surface area (Å²) in [6, 6.07) is 8.01. The highest BCUT2D eigenvalue weighted by molar-refractivity contribution is 6.32. The molecule has 4 aromatic rings. The van der Waals surface area contributed by atoms with Crippen molar-refractivity contribution in [1.29, 1.82) is 0 Å². The van der Waals surface area contributed by atoms with Crippen molar-refractivity contribution < 1.29 is 0 Å². The zero-order valence-corrected chi connectivity index (χ0v) is 21.0. The Morgan fingerprint density at radius 1 is 1.17 bits per heavy atom. The molecule has 11 heteroatoms. The number of dihydropyridines is 1. The molecule has 4 heterocycles. The number of nitrogens with zero attached hydrogens (tertiary/aromatic N) is 7. The highest BCUT2D eigenvalue weighted by Crippen LogP contribution is 2.34. The van der Waals surface area contributed by atoms with Crippen LogP contribution in [0.25, 0.3) is 17.2 Å². The van der Waals surface area contributed by atoms with Crippen LogP contribution in [0, 0.1) is 0 Å². The molecule has 186 valence electrons. The van der Waals surface area contributed by atoms with Crippen molar-refractivity contribution in [3.63, 3.8) is 0 Å². The monoisotopic (exact) mass is 505 g/mol. The fourth-order valence-corrected chi connectivity index (χ4v) is 4.85. The number of tetrazole rings is 1. The molecule has 0 saturated carbocycles. The molecule has 5 rings (SSSR count). The first-order chi connectivity index (χ1) is 17.6. The molecule has 0 saturated heterocycles. The topological polar surface area (TPSA) is 111 Å². The van der Waals surface area contributed by atoms with E-state index in [1.165, 1.54) is 0 Å². The van der Waals surface area contributed by atoms with Gasteiger partial charge in [-0.15, -0.1) is 10.2 Å². The van der Waals surface area contributed by atoms with Gasteiger partial charge in [0.2, 0.25) is 5.82 Å². The Balaban J connectivity index is 1.63. The van der Waals surface area contributed by atoms with Crippen molar-refractivity contribution in [2.75, 3.05) is 0 Å². The van der Waals surface area contributed by atoms with Gasteiger partial charge < -0.3 is 5.32 Å². The second kappa shape index (κ2) is 9.98. The number of H-pyrrole nitrogens is 1. The van der Waals surface area contributed by atoms with E-state index in [2.05, 4.69) is 56.2 Å². The number of aryl methyl sites for hydroxylation is 2. The minimum atomic E-state index is -0.573. The van der Waals surface area contributed by atoms with Crippen molar-refractivity contribution in [3.8, 4) is 17.2 Å². The Kier molecular flexibility index (Phi) is 6.60. The summed E-state index contributed by atoms with van der Waals surface area (Å²) in [5, 5.41) is 22.3. The number of nitrogens with one attached hydrogen (secondary N) is 2. The summed E-state index contributed by atoms with van der Waals surface area (Å²) in [6.07, 6.45) is 14.2. The molecular formula is C25H28ClN9O. The summed E-state index contributed by atoms with van der Waals surface area (Å²) in [7, 11) is 0. The molecule has 0 unspecified atom stereocenters. The normalized spacial score (nSPS) is 14.3. The smallest absolute Gasteiger partial charge is 0.334 e. The van der Waals surface area contributed by atoms with Gasteiger partial charge >= 0.3 is 5.69 Å². The molecule has 0 bridgehead atoms. The standard InChI is InChI=1S/C25H28ClN9O/c1-3-5-9-20-16-33(23-21(26)15-28-35(23)4-2)24(36)34(20)17-25(10-12-27-13-11-25)19-8-6-7-18(14-19)22-29-31-32-30-22/h6-8,10-16,27H,3-5,9,17H2,1-2H3,(H,29,30,31,32). The molecule has 0 spiro atoms. The van der Waals surface area contributed by atoms with Gasteiger partial charge in [-0.05, 0) is 49.0 Å². The molecule has 0 aliphatic carbocycles. The second-order valence-electron chi connectivity index (χ2n) is 8.78. The lowest BCUT2D eigenvalue weighted by molar-refractivity contribution is 0.495. The third-order valence-corrected chi connectivity index (χ3v) is 6.79. The highest BCUT2D eigenvalue weighted by Gasteiger charge is 2.32. The molecule has 1 aromatic carbocycles. The number of rotatable bonds is 9. The van der Waals surface area contributed by atoms with Crippen LogP contribution in [0.5, 0.6) is 0 Å². The summed E-state index contributed by atoms with van der Waals surface area (Å²) >= 11 is 6.48. The van der Waals surface area contributed by atoms with E-state index in [1.54, 1.807) is 15.4 Å². The van der Waals surface area contributed by atoms with Crippen LogP contribution >= 0.6 is 11.6 Å². The number of imidazole rings is 1. The Labute approximate surface area is 213 Å². The Morgan fingerprint density at radius 3 is 2.72 bits per heavy atom. The van der Waals surface area contributed by atoms with Gasteiger partial charge in [-0.3, -0.25) is 9.13 Å². The zero-order valence-electron chi connectivity index (χ0n) is 20.2. The van der Waals surface area contributed by atoms with Crippen LogP contribution in [0.2, 0.25) is 5.02 Å². The summed E-state index contributed by atoms with van der Waals surface area (Å²) in [4.78, 5) is 13.9. The first kappa shape index (κ1) is 23.8. The fraction of sp³-hybridized carbons (Fsp3) is 0.320. The lowest BCUT2D eigenvalue weighted by atomic mass is 9.78. The third-order valence-electron chi connectivity index (χ3n) is 6.52. The van der Waals surface area contributed by atoms with E-state index < -0.39 is 5.41 Å². The van der Waals surface area contributed by atoms with E-state index in [9.17, 15) is 4.79 Å². The fourth-order valence-electron chi connectivity index (χ4n) is 4.62. The Hall–Kier alpha value is -3.92. The first-order valence-electron chi connectivity index (χ1n) is 12.0. The average Bonchev–Trinajstić information content (AvgIpc) is 3.64. The third kappa shape index (κ3) is 4.28. The van der Waals surface area contributed by atoms with Crippen LogP contribution in [0.4, 0.5) is 0 Å². The molecule has 0 amide bonds. The molecule has 1 aliphatic rings. The summed E-state index contributed by atoms with van der Waals surface area (Å²) < 4.78 is 5.23. The Bertz CT molecular complexity index is 1450. The number of benzene rings is 1. The van der Waals surface area contributed by atoms with Crippen LogP contribution < -0.4 is 11.0 Å². The van der Waals surface area contributed by atoms with Crippen LogP contribution in [-0.2, 0) is 24.9 Å². The summed E-state index contributed by atoms with van der Waals surface area (Å²) in [5.74, 6) is 1.11. The van der Waals surface area contributed by atoms with Gasteiger partial charge in [0.15, 0.2) is 5.82 Å². The van der Waals surface area contributed by atoms with Crippen molar-refractivity contribution in [2.24, 2.45) is 0 Å². The minimum Gasteiger partial charge on any atom is -0.368 e. The van der Waals surface area contributed by atoms with Crippen LogP contribution in [-0.4, -0.2) is 39.5 Å². The largest absolute Gasteiger partial charge is 0.368 e. The van der Waals surface area contributed by atoms with Gasteiger partial charge in [0, 0.05) is 30.5 Å². The number of hydrogen-bond donors (Lipinski definition) is 2. The Morgan fingerprint density at radius 2 is 2.00 bits per heavy atom. The number of allylic oxidation sites excluding steroid dienone is 2. The van der Waals surface area contributed by atoms with E-state index in [-0.39, 0.29) is 5.69 Å². The first-order valence-corrected chi connectivity index (χ1v) is 12.4. The van der Waals surface area contributed by atoms with E-state index in [0.29, 0.717) is 29.8 Å². The van der Waals surface area contributed by atoms with Crippen molar-refractivity contribution in [3.05, 3.63) is 88.0 Å². The summed E-state index contributed by atoms with van der Waals surface area (Å²) in [5.41, 5.74) is 2.09. The van der Waals surface area contributed by atoms with Crippen molar-refractivity contribution in [1.82, 2.24) is 44.9 Å². The zero-order chi connectivity index (χ0) is 25.1. The lowest BCUT2D eigenvalue weighted by Crippen LogP contribution is -2.36. The van der Waals surface area contributed by atoms with Crippen LogP contribution in [0.3, 0.4) is 0 Å². The number of unbranched alkanes of at least 4 members (excludes halogenated alkanes) is 1. The van der Waals surface area contributed by atoms with Gasteiger partial charge in [0.25, 0.3) is 0 Å². The molecule has 1 aliphatic heterocycles.